The van der Waals surface area contributed by atoms with Crippen molar-refractivity contribution >= 4 is 23.2 Å². The lowest BCUT2D eigenvalue weighted by Gasteiger charge is -2.12. The molecule has 0 heterocycles. The Hall–Kier alpha value is -3.22. The van der Waals surface area contributed by atoms with Crippen LogP contribution in [0.25, 0.3) is 0 Å². The number of nitro groups is 1. The van der Waals surface area contributed by atoms with E-state index in [1.54, 1.807) is 19.1 Å². The van der Waals surface area contributed by atoms with E-state index in [1.165, 1.54) is 6.07 Å². The monoisotopic (exact) mass is 381 g/mol. The molecule has 2 aromatic rings. The number of anilines is 1. The van der Waals surface area contributed by atoms with Gasteiger partial charge in [-0.3, -0.25) is 19.7 Å². The minimum absolute atomic E-state index is 0.0469. The lowest BCUT2D eigenvalue weighted by molar-refractivity contribution is -0.385. The maximum absolute atomic E-state index is 12.3. The number of aryl methyl sites for hydroxylation is 1. The van der Waals surface area contributed by atoms with Gasteiger partial charge in [-0.1, -0.05) is 31.0 Å². The highest BCUT2D eigenvalue weighted by Gasteiger charge is 2.22. The quantitative estimate of drug-likeness (QED) is 0.584. The van der Waals surface area contributed by atoms with Gasteiger partial charge in [-0.05, 0) is 43.5 Å². The van der Waals surface area contributed by atoms with Crippen molar-refractivity contribution in [1.82, 2.24) is 5.32 Å². The molecule has 0 saturated heterocycles. The summed E-state index contributed by atoms with van der Waals surface area (Å²) in [6.45, 7) is 1.89. The summed E-state index contributed by atoms with van der Waals surface area (Å²) in [7, 11) is 0. The fourth-order valence-corrected chi connectivity index (χ4v) is 3.42. The molecule has 1 aliphatic carbocycles. The fourth-order valence-electron chi connectivity index (χ4n) is 3.42. The van der Waals surface area contributed by atoms with Gasteiger partial charge in [0.15, 0.2) is 0 Å². The van der Waals surface area contributed by atoms with Crippen LogP contribution in [-0.2, 0) is 11.3 Å². The first-order valence-electron chi connectivity index (χ1n) is 9.37. The molecule has 2 amide bonds. The number of nitrogens with zero attached hydrogens (tertiary/aromatic N) is 1. The highest BCUT2D eigenvalue weighted by Crippen LogP contribution is 2.26. The van der Waals surface area contributed by atoms with Gasteiger partial charge in [0.25, 0.3) is 11.6 Å². The maximum atomic E-state index is 12.3. The van der Waals surface area contributed by atoms with Crippen molar-refractivity contribution < 1.29 is 14.5 Å². The Balaban J connectivity index is 1.61. The summed E-state index contributed by atoms with van der Waals surface area (Å²) in [4.78, 5) is 35.1. The average Bonchev–Trinajstić information content (AvgIpc) is 3.21. The predicted octanol–water partition coefficient (Wildman–Crippen LogP) is 3.96. The average molecular weight is 381 g/mol. The third-order valence-electron chi connectivity index (χ3n) is 5.04. The molecule has 1 saturated carbocycles. The second kappa shape index (κ2) is 8.65. The van der Waals surface area contributed by atoms with Crippen LogP contribution < -0.4 is 10.6 Å². The third kappa shape index (κ3) is 4.73. The van der Waals surface area contributed by atoms with Crippen molar-refractivity contribution in [3.8, 4) is 0 Å². The summed E-state index contributed by atoms with van der Waals surface area (Å²) in [5, 5.41) is 16.7. The van der Waals surface area contributed by atoms with Crippen LogP contribution in [0.4, 0.5) is 11.4 Å². The second-order valence-corrected chi connectivity index (χ2v) is 7.11. The summed E-state index contributed by atoms with van der Waals surface area (Å²) in [5.74, 6) is -0.255. The molecule has 0 aromatic heterocycles. The number of hydrogen-bond acceptors (Lipinski definition) is 4. The molecule has 0 radical (unpaired) electrons. The Bertz CT molecular complexity index is 904. The second-order valence-electron chi connectivity index (χ2n) is 7.11. The van der Waals surface area contributed by atoms with Crippen LogP contribution in [0.2, 0.25) is 0 Å². The summed E-state index contributed by atoms with van der Waals surface area (Å²) in [5.41, 5.74) is 2.20. The molecule has 7 heteroatoms. The number of hydrogen-bond donors (Lipinski definition) is 2. The van der Waals surface area contributed by atoms with E-state index in [1.807, 2.05) is 24.3 Å². The van der Waals surface area contributed by atoms with Crippen LogP contribution in [0.3, 0.4) is 0 Å². The zero-order valence-corrected chi connectivity index (χ0v) is 15.7. The van der Waals surface area contributed by atoms with Gasteiger partial charge in [-0.15, -0.1) is 0 Å². The smallest absolute Gasteiger partial charge is 0.273 e. The van der Waals surface area contributed by atoms with E-state index in [4.69, 9.17) is 0 Å². The van der Waals surface area contributed by atoms with E-state index >= 15 is 0 Å². The minimum Gasteiger partial charge on any atom is -0.348 e. The summed E-state index contributed by atoms with van der Waals surface area (Å²) in [6, 6.07) is 11.7. The van der Waals surface area contributed by atoms with Crippen LogP contribution in [0, 0.1) is 23.0 Å². The zero-order chi connectivity index (χ0) is 20.1. The van der Waals surface area contributed by atoms with Crippen LogP contribution in [0.1, 0.15) is 47.2 Å². The molecule has 2 aromatic carbocycles. The van der Waals surface area contributed by atoms with E-state index in [-0.39, 0.29) is 35.5 Å². The first-order chi connectivity index (χ1) is 13.4. The van der Waals surface area contributed by atoms with E-state index in [0.717, 1.165) is 31.2 Å². The lowest BCUT2D eigenvalue weighted by Crippen LogP contribution is -2.23. The molecular formula is C21H23N3O4. The fraction of sp³-hybridized carbons (Fsp3) is 0.333. The first-order valence-corrected chi connectivity index (χ1v) is 9.37. The van der Waals surface area contributed by atoms with Gasteiger partial charge in [-0.2, -0.15) is 0 Å². The molecule has 1 aliphatic rings. The molecule has 146 valence electrons. The van der Waals surface area contributed by atoms with E-state index < -0.39 is 4.92 Å². The highest BCUT2D eigenvalue weighted by atomic mass is 16.6. The Labute approximate surface area is 163 Å². The molecule has 0 spiro atoms. The van der Waals surface area contributed by atoms with Gasteiger partial charge < -0.3 is 10.6 Å². The number of carbonyl (C=O) groups excluding carboxylic acids is 2. The summed E-state index contributed by atoms with van der Waals surface area (Å²) >= 11 is 0. The SMILES string of the molecule is Cc1ccc(C(=O)NCc2cccc(NC(=O)C3CCCC3)c2)cc1[N+](=O)[O-]. The van der Waals surface area contributed by atoms with Gasteiger partial charge in [0.05, 0.1) is 4.92 Å². The van der Waals surface area contributed by atoms with Crippen LogP contribution >= 0.6 is 0 Å². The normalized spacial score (nSPS) is 13.9. The largest absolute Gasteiger partial charge is 0.348 e. The molecule has 28 heavy (non-hydrogen) atoms. The predicted molar refractivity (Wildman–Crippen MR) is 106 cm³/mol. The Morgan fingerprint density at radius 3 is 2.61 bits per heavy atom. The van der Waals surface area contributed by atoms with Gasteiger partial charge in [-0.25, -0.2) is 0 Å². The van der Waals surface area contributed by atoms with E-state index in [0.29, 0.717) is 11.3 Å². The maximum Gasteiger partial charge on any atom is 0.273 e. The van der Waals surface area contributed by atoms with Gasteiger partial charge in [0.2, 0.25) is 5.91 Å². The molecular weight excluding hydrogens is 358 g/mol. The lowest BCUT2D eigenvalue weighted by atomic mass is 10.1. The van der Waals surface area contributed by atoms with Crippen molar-refractivity contribution in [1.29, 1.82) is 0 Å². The number of carbonyl (C=O) groups is 2. The van der Waals surface area contributed by atoms with Crippen molar-refractivity contribution in [2.75, 3.05) is 5.32 Å². The number of benzene rings is 2. The molecule has 0 atom stereocenters. The van der Waals surface area contributed by atoms with Gasteiger partial charge in [0.1, 0.15) is 0 Å². The van der Waals surface area contributed by atoms with Crippen molar-refractivity contribution in [2.45, 2.75) is 39.2 Å². The number of nitro benzene ring substituents is 1. The van der Waals surface area contributed by atoms with Gasteiger partial charge >= 0.3 is 0 Å². The Morgan fingerprint density at radius 1 is 1.14 bits per heavy atom. The van der Waals surface area contributed by atoms with Crippen molar-refractivity contribution in [2.24, 2.45) is 5.92 Å². The van der Waals surface area contributed by atoms with E-state index in [2.05, 4.69) is 10.6 Å². The van der Waals surface area contributed by atoms with Gasteiger partial charge in [0, 0.05) is 35.3 Å². The van der Waals surface area contributed by atoms with Crippen LogP contribution in [-0.4, -0.2) is 16.7 Å². The molecule has 0 unspecified atom stereocenters. The Kier molecular flexibility index (Phi) is 6.03. The molecule has 2 N–H and O–H groups in total. The number of rotatable bonds is 6. The van der Waals surface area contributed by atoms with Crippen LogP contribution in [0.5, 0.6) is 0 Å². The van der Waals surface area contributed by atoms with Crippen molar-refractivity contribution in [3.63, 3.8) is 0 Å². The molecule has 1 fully saturated rings. The number of amides is 2. The number of nitrogens with one attached hydrogen (secondary N) is 2. The van der Waals surface area contributed by atoms with E-state index in [9.17, 15) is 19.7 Å². The molecule has 3 rings (SSSR count). The Morgan fingerprint density at radius 2 is 1.89 bits per heavy atom. The van der Waals surface area contributed by atoms with Crippen molar-refractivity contribution in [3.05, 3.63) is 69.3 Å². The molecule has 0 aliphatic heterocycles. The molecule has 0 bridgehead atoms. The first kappa shape index (κ1) is 19.5. The topological polar surface area (TPSA) is 101 Å². The minimum atomic E-state index is -0.497. The summed E-state index contributed by atoms with van der Waals surface area (Å²) < 4.78 is 0. The standard InChI is InChI=1S/C21H23N3O4/c1-14-9-10-17(12-19(14)24(27)28)20(25)22-13-15-5-4-8-18(11-15)23-21(26)16-6-2-3-7-16/h4-5,8-12,16H,2-3,6-7,13H2,1H3,(H,22,25)(H,23,26). The zero-order valence-electron chi connectivity index (χ0n) is 15.7. The third-order valence-corrected chi connectivity index (χ3v) is 5.04. The highest BCUT2D eigenvalue weighted by molar-refractivity contribution is 5.95. The summed E-state index contributed by atoms with van der Waals surface area (Å²) in [6.07, 6.45) is 4.07. The molecule has 7 nitrogen and oxygen atoms in total. The van der Waals surface area contributed by atoms with Crippen LogP contribution in [0.15, 0.2) is 42.5 Å².